The van der Waals surface area contributed by atoms with Crippen LogP contribution in [-0.2, 0) is 11.3 Å². The van der Waals surface area contributed by atoms with Gasteiger partial charge >= 0.3 is 0 Å². The molecule has 154 valence electrons. The van der Waals surface area contributed by atoms with Crippen LogP contribution in [0.15, 0.2) is 48.5 Å². The Kier molecular flexibility index (Phi) is 7.28. The average molecular weight is 395 g/mol. The summed E-state index contributed by atoms with van der Waals surface area (Å²) in [5, 5.41) is 0. The van der Waals surface area contributed by atoms with Crippen LogP contribution in [0.5, 0.6) is 5.75 Å². The monoisotopic (exact) mass is 394 g/mol. The van der Waals surface area contributed by atoms with Gasteiger partial charge in [-0.05, 0) is 61.2 Å². The lowest BCUT2D eigenvalue weighted by molar-refractivity contribution is -0.132. The van der Waals surface area contributed by atoms with E-state index in [1.807, 2.05) is 6.92 Å². The maximum Gasteiger partial charge on any atom is 0.260 e. The zero-order valence-corrected chi connectivity index (χ0v) is 17.4. The number of anilines is 1. The lowest BCUT2D eigenvalue weighted by Crippen LogP contribution is -2.31. The van der Waals surface area contributed by atoms with Crippen LogP contribution < -0.4 is 9.64 Å². The number of nitrogens with zero attached hydrogens (tertiary/aromatic N) is 2. The second-order valence-corrected chi connectivity index (χ2v) is 7.55. The van der Waals surface area contributed by atoms with Gasteiger partial charge in [0.1, 0.15) is 5.75 Å². The van der Waals surface area contributed by atoms with E-state index < -0.39 is 0 Å². The minimum Gasteiger partial charge on any atom is -0.484 e. The number of ketones is 1. The molecule has 0 radical (unpaired) electrons. The Bertz CT molecular complexity index is 809. The van der Waals surface area contributed by atoms with Crippen molar-refractivity contribution in [2.75, 3.05) is 31.6 Å². The third-order valence-electron chi connectivity index (χ3n) is 5.36. The van der Waals surface area contributed by atoms with Crippen LogP contribution in [0.3, 0.4) is 0 Å². The molecule has 0 aliphatic carbocycles. The third-order valence-corrected chi connectivity index (χ3v) is 5.36. The molecule has 2 aromatic carbocycles. The number of hydrogen-bond donors (Lipinski definition) is 0. The number of Topliss-reactive ketones (excluding diaryl/α,β-unsaturated/α-hetero) is 1. The molecule has 0 bridgehead atoms. The maximum absolute atomic E-state index is 12.4. The fraction of sp³-hybridized carbons (Fsp3) is 0.417. The van der Waals surface area contributed by atoms with Gasteiger partial charge in [0.25, 0.3) is 5.91 Å². The summed E-state index contributed by atoms with van der Waals surface area (Å²) >= 11 is 0. The number of amides is 1. The van der Waals surface area contributed by atoms with Crippen molar-refractivity contribution in [1.82, 2.24) is 4.90 Å². The Labute approximate surface area is 173 Å². The second kappa shape index (κ2) is 10.1. The van der Waals surface area contributed by atoms with Crippen molar-refractivity contribution >= 4 is 17.4 Å². The van der Waals surface area contributed by atoms with Gasteiger partial charge in [-0.2, -0.15) is 0 Å². The number of piperidine rings is 1. The maximum atomic E-state index is 12.4. The number of rotatable bonds is 8. The van der Waals surface area contributed by atoms with Gasteiger partial charge < -0.3 is 14.5 Å². The highest BCUT2D eigenvalue weighted by atomic mass is 16.5. The third kappa shape index (κ3) is 5.83. The number of carbonyl (C=O) groups excluding carboxylic acids is 2. The topological polar surface area (TPSA) is 49.9 Å². The van der Waals surface area contributed by atoms with Crippen LogP contribution in [0.2, 0.25) is 0 Å². The van der Waals surface area contributed by atoms with Crippen molar-refractivity contribution in [1.29, 1.82) is 0 Å². The van der Waals surface area contributed by atoms with Crippen molar-refractivity contribution in [2.24, 2.45) is 0 Å². The number of ether oxygens (including phenoxy) is 1. The predicted octanol–water partition coefficient (Wildman–Crippen LogP) is 4.31. The Morgan fingerprint density at radius 1 is 0.966 bits per heavy atom. The van der Waals surface area contributed by atoms with Gasteiger partial charge in [0.05, 0.1) is 0 Å². The molecule has 0 spiro atoms. The standard InChI is InChI=1S/C24H30N2O3/c1-3-23(27)20-9-13-22(14-10-20)29-18-24(28)25(2)17-19-7-11-21(12-8-19)26-15-5-4-6-16-26/h7-14H,3-6,15-18H2,1-2H3. The number of carbonyl (C=O) groups is 2. The van der Waals surface area contributed by atoms with E-state index in [1.54, 1.807) is 36.2 Å². The van der Waals surface area contributed by atoms with Gasteiger partial charge in [-0.15, -0.1) is 0 Å². The molecular weight excluding hydrogens is 364 g/mol. The molecule has 1 saturated heterocycles. The Balaban J connectivity index is 1.48. The summed E-state index contributed by atoms with van der Waals surface area (Å²) in [5.74, 6) is 0.600. The Morgan fingerprint density at radius 2 is 1.62 bits per heavy atom. The summed E-state index contributed by atoms with van der Waals surface area (Å²) in [4.78, 5) is 28.2. The average Bonchev–Trinajstić information content (AvgIpc) is 2.78. The van der Waals surface area contributed by atoms with Crippen LogP contribution in [0.4, 0.5) is 5.69 Å². The van der Waals surface area contributed by atoms with Crippen LogP contribution in [0.25, 0.3) is 0 Å². The molecule has 0 saturated carbocycles. The highest BCUT2D eigenvalue weighted by Crippen LogP contribution is 2.20. The fourth-order valence-electron chi connectivity index (χ4n) is 3.52. The van der Waals surface area contributed by atoms with E-state index in [4.69, 9.17) is 4.74 Å². The van der Waals surface area contributed by atoms with E-state index in [2.05, 4.69) is 29.2 Å². The summed E-state index contributed by atoms with van der Waals surface area (Å²) in [6.45, 7) is 4.61. The molecular formula is C24H30N2O3. The summed E-state index contributed by atoms with van der Waals surface area (Å²) in [5.41, 5.74) is 3.02. The van der Waals surface area contributed by atoms with Crippen LogP contribution in [-0.4, -0.2) is 43.3 Å². The first-order valence-corrected chi connectivity index (χ1v) is 10.4. The number of benzene rings is 2. The zero-order valence-electron chi connectivity index (χ0n) is 17.4. The molecule has 3 rings (SSSR count). The highest BCUT2D eigenvalue weighted by molar-refractivity contribution is 5.95. The van der Waals surface area contributed by atoms with Gasteiger partial charge in [-0.25, -0.2) is 0 Å². The smallest absolute Gasteiger partial charge is 0.260 e. The molecule has 0 N–H and O–H groups in total. The van der Waals surface area contributed by atoms with Crippen LogP contribution >= 0.6 is 0 Å². The SMILES string of the molecule is CCC(=O)c1ccc(OCC(=O)N(C)Cc2ccc(N3CCCCC3)cc2)cc1. The van der Waals surface area contributed by atoms with Crippen LogP contribution in [0.1, 0.15) is 48.5 Å². The molecule has 0 atom stereocenters. The first-order chi connectivity index (χ1) is 14.1. The Morgan fingerprint density at radius 3 is 2.24 bits per heavy atom. The zero-order chi connectivity index (χ0) is 20.6. The molecule has 29 heavy (non-hydrogen) atoms. The molecule has 2 aromatic rings. The van der Waals surface area contributed by atoms with E-state index in [1.165, 1.54) is 24.9 Å². The summed E-state index contributed by atoms with van der Waals surface area (Å²) in [6, 6.07) is 15.4. The van der Waals surface area contributed by atoms with Gasteiger partial charge in [0, 0.05) is 44.4 Å². The van der Waals surface area contributed by atoms with E-state index in [-0.39, 0.29) is 18.3 Å². The summed E-state index contributed by atoms with van der Waals surface area (Å²) < 4.78 is 5.58. The molecule has 1 aliphatic rings. The van der Waals surface area contributed by atoms with E-state index >= 15 is 0 Å². The molecule has 5 heteroatoms. The summed E-state index contributed by atoms with van der Waals surface area (Å²) in [6.07, 6.45) is 4.32. The predicted molar refractivity (Wildman–Crippen MR) is 116 cm³/mol. The summed E-state index contributed by atoms with van der Waals surface area (Å²) in [7, 11) is 1.78. The van der Waals surface area contributed by atoms with Crippen molar-refractivity contribution in [3.63, 3.8) is 0 Å². The minimum absolute atomic E-state index is 0.0244. The fourth-order valence-corrected chi connectivity index (χ4v) is 3.52. The van der Waals surface area contributed by atoms with E-state index in [0.717, 1.165) is 18.7 Å². The lowest BCUT2D eigenvalue weighted by Gasteiger charge is -2.29. The van der Waals surface area contributed by atoms with Gasteiger partial charge in [0.15, 0.2) is 12.4 Å². The molecule has 1 heterocycles. The minimum atomic E-state index is -0.0844. The van der Waals surface area contributed by atoms with Crippen molar-refractivity contribution in [2.45, 2.75) is 39.2 Å². The normalized spacial score (nSPS) is 13.8. The van der Waals surface area contributed by atoms with Gasteiger partial charge in [-0.1, -0.05) is 19.1 Å². The van der Waals surface area contributed by atoms with Crippen molar-refractivity contribution in [3.8, 4) is 5.75 Å². The molecule has 5 nitrogen and oxygen atoms in total. The first kappa shape index (κ1) is 20.9. The quantitative estimate of drug-likeness (QED) is 0.626. The number of likely N-dealkylation sites (N-methyl/N-ethyl adjacent to an activating group) is 1. The van der Waals surface area contributed by atoms with Gasteiger partial charge in [-0.3, -0.25) is 9.59 Å². The number of hydrogen-bond acceptors (Lipinski definition) is 4. The lowest BCUT2D eigenvalue weighted by atomic mass is 10.1. The molecule has 1 aliphatic heterocycles. The first-order valence-electron chi connectivity index (χ1n) is 10.4. The molecule has 1 amide bonds. The molecule has 0 unspecified atom stereocenters. The Hall–Kier alpha value is -2.82. The van der Waals surface area contributed by atoms with Gasteiger partial charge in [0.2, 0.25) is 0 Å². The molecule has 1 fully saturated rings. The second-order valence-electron chi connectivity index (χ2n) is 7.55. The van der Waals surface area contributed by atoms with Crippen molar-refractivity contribution < 1.29 is 14.3 Å². The van der Waals surface area contributed by atoms with Crippen LogP contribution in [0, 0.1) is 0 Å². The van der Waals surface area contributed by atoms with Crippen molar-refractivity contribution in [3.05, 3.63) is 59.7 Å². The van der Waals surface area contributed by atoms with E-state index in [9.17, 15) is 9.59 Å². The molecule has 0 aromatic heterocycles. The highest BCUT2D eigenvalue weighted by Gasteiger charge is 2.13. The largest absolute Gasteiger partial charge is 0.484 e. The van der Waals surface area contributed by atoms with E-state index in [0.29, 0.717) is 24.3 Å².